The van der Waals surface area contributed by atoms with E-state index in [0.29, 0.717) is 12.2 Å². The Balaban J connectivity index is 1.53. The molecule has 0 radical (unpaired) electrons. The van der Waals surface area contributed by atoms with Crippen molar-refractivity contribution in [3.05, 3.63) is 28.6 Å². The number of nitrogens with zero attached hydrogens (tertiary/aromatic N) is 2. The van der Waals surface area contributed by atoms with Crippen molar-refractivity contribution in [2.24, 2.45) is 5.41 Å². The molecule has 3 heterocycles. The molecule has 23 heavy (non-hydrogen) atoms. The summed E-state index contributed by atoms with van der Waals surface area (Å²) in [6.07, 6.45) is 4.70. The minimum Gasteiger partial charge on any atom is -0.392 e. The van der Waals surface area contributed by atoms with Gasteiger partial charge in [-0.1, -0.05) is 6.42 Å². The van der Waals surface area contributed by atoms with E-state index in [0.717, 1.165) is 49.9 Å². The van der Waals surface area contributed by atoms with Gasteiger partial charge in [-0.05, 0) is 43.2 Å². The number of hydrogen-bond acceptors (Lipinski definition) is 4. The summed E-state index contributed by atoms with van der Waals surface area (Å²) in [6.45, 7) is 1.43. The van der Waals surface area contributed by atoms with Crippen LogP contribution in [0.4, 0.5) is 0 Å². The second kappa shape index (κ2) is 5.76. The van der Waals surface area contributed by atoms with E-state index in [4.69, 9.17) is 0 Å². The first-order valence-corrected chi connectivity index (χ1v) is 9.18. The number of likely N-dealkylation sites (tertiary alicyclic amines) is 1. The van der Waals surface area contributed by atoms with Crippen molar-refractivity contribution in [3.63, 3.8) is 0 Å². The Labute approximate surface area is 139 Å². The molecule has 0 bridgehead atoms. The van der Waals surface area contributed by atoms with Gasteiger partial charge in [0.05, 0.1) is 11.8 Å². The van der Waals surface area contributed by atoms with E-state index in [1.54, 1.807) is 11.3 Å². The third-order valence-electron chi connectivity index (χ3n) is 5.38. The van der Waals surface area contributed by atoms with Crippen LogP contribution in [0.1, 0.15) is 42.6 Å². The summed E-state index contributed by atoms with van der Waals surface area (Å²) >= 11 is 1.62. The molecule has 2 aliphatic rings. The Morgan fingerprint density at radius 2 is 2.30 bits per heavy atom. The topological polar surface area (TPSA) is 69.2 Å². The Hall–Kier alpha value is -1.66. The molecule has 2 aromatic heterocycles. The maximum absolute atomic E-state index is 12.8. The molecule has 1 aliphatic carbocycles. The van der Waals surface area contributed by atoms with Crippen molar-refractivity contribution in [1.82, 2.24) is 15.1 Å². The molecule has 0 aromatic carbocycles. The molecular formula is C17H21N3O2S. The fourth-order valence-electron chi connectivity index (χ4n) is 4.09. The van der Waals surface area contributed by atoms with Crippen molar-refractivity contribution < 1.29 is 9.90 Å². The van der Waals surface area contributed by atoms with Gasteiger partial charge in [0.1, 0.15) is 5.69 Å². The number of aromatic amines is 1. The van der Waals surface area contributed by atoms with Crippen molar-refractivity contribution in [2.75, 3.05) is 13.1 Å². The molecule has 1 saturated heterocycles. The van der Waals surface area contributed by atoms with Crippen molar-refractivity contribution >= 4 is 17.2 Å². The molecular weight excluding hydrogens is 310 g/mol. The second-order valence-corrected chi connectivity index (χ2v) is 7.56. The largest absolute Gasteiger partial charge is 0.392 e. The Morgan fingerprint density at radius 1 is 1.43 bits per heavy atom. The van der Waals surface area contributed by atoms with Gasteiger partial charge in [0.25, 0.3) is 5.91 Å². The summed E-state index contributed by atoms with van der Waals surface area (Å²) in [5.41, 5.74) is 2.30. The minimum absolute atomic E-state index is 0.00263. The molecule has 122 valence electrons. The molecule has 1 spiro atoms. The number of piperidine rings is 1. The molecule has 0 unspecified atom stereocenters. The van der Waals surface area contributed by atoms with Crippen LogP contribution in [0.5, 0.6) is 0 Å². The lowest BCUT2D eigenvalue weighted by molar-refractivity contribution is -0.00555. The molecule has 2 fully saturated rings. The normalized spacial score (nSPS) is 27.7. The summed E-state index contributed by atoms with van der Waals surface area (Å²) < 4.78 is 0. The van der Waals surface area contributed by atoms with E-state index >= 15 is 0 Å². The van der Waals surface area contributed by atoms with E-state index < -0.39 is 0 Å². The van der Waals surface area contributed by atoms with Crippen LogP contribution in [0.3, 0.4) is 0 Å². The number of aliphatic hydroxyl groups excluding tert-OH is 1. The van der Waals surface area contributed by atoms with Crippen molar-refractivity contribution in [1.29, 1.82) is 0 Å². The zero-order valence-electron chi connectivity index (χ0n) is 13.0. The van der Waals surface area contributed by atoms with Crippen molar-refractivity contribution in [3.8, 4) is 11.3 Å². The molecule has 6 heteroatoms. The molecule has 5 nitrogen and oxygen atoms in total. The van der Waals surface area contributed by atoms with Gasteiger partial charge < -0.3 is 10.0 Å². The highest BCUT2D eigenvalue weighted by molar-refractivity contribution is 7.08. The standard InChI is InChI=1S/C17H21N3O2S/c21-15-3-1-5-17(15)6-2-7-20(11-17)16(22)14-9-13(18-19-14)12-4-8-23-10-12/h4,8-10,15,21H,1-3,5-7,11H2,(H,18,19)/t15-,17+/m1/s1. The number of aliphatic hydroxyl groups is 1. The van der Waals surface area contributed by atoms with Gasteiger partial charge in [0, 0.05) is 29.4 Å². The van der Waals surface area contributed by atoms with Gasteiger partial charge in [-0.25, -0.2) is 0 Å². The van der Waals surface area contributed by atoms with Crippen LogP contribution < -0.4 is 0 Å². The summed E-state index contributed by atoms with van der Waals surface area (Å²) in [5.74, 6) is -0.00263. The van der Waals surface area contributed by atoms with Gasteiger partial charge in [-0.15, -0.1) is 0 Å². The summed E-state index contributed by atoms with van der Waals surface area (Å²) in [4.78, 5) is 14.7. The molecule has 2 N–H and O–H groups in total. The first-order chi connectivity index (χ1) is 11.2. The van der Waals surface area contributed by atoms with Crippen LogP contribution in [0.15, 0.2) is 22.9 Å². The first-order valence-electron chi connectivity index (χ1n) is 8.23. The van der Waals surface area contributed by atoms with Gasteiger partial charge in [-0.2, -0.15) is 16.4 Å². The monoisotopic (exact) mass is 331 g/mol. The Bertz CT molecular complexity index is 697. The molecule has 1 aliphatic heterocycles. The van der Waals surface area contributed by atoms with Gasteiger partial charge in [0.2, 0.25) is 0 Å². The van der Waals surface area contributed by atoms with Gasteiger partial charge in [-0.3, -0.25) is 9.89 Å². The maximum Gasteiger partial charge on any atom is 0.271 e. The smallest absolute Gasteiger partial charge is 0.271 e. The number of rotatable bonds is 2. The van der Waals surface area contributed by atoms with Gasteiger partial charge >= 0.3 is 0 Å². The maximum atomic E-state index is 12.8. The summed E-state index contributed by atoms with van der Waals surface area (Å²) in [7, 11) is 0. The second-order valence-electron chi connectivity index (χ2n) is 6.78. The van der Waals surface area contributed by atoms with E-state index in [1.807, 2.05) is 27.8 Å². The molecule has 1 amide bonds. The minimum atomic E-state index is -0.263. The SMILES string of the molecule is O=C(c1cc(-c2ccsc2)n[nH]1)N1CCC[C@@]2(CCC[C@H]2O)C1. The third-order valence-corrected chi connectivity index (χ3v) is 6.06. The van der Waals surface area contributed by atoms with Crippen LogP contribution in [0.25, 0.3) is 11.3 Å². The van der Waals surface area contributed by atoms with E-state index in [2.05, 4.69) is 10.2 Å². The predicted octanol–water partition coefficient (Wildman–Crippen LogP) is 2.91. The molecule has 2 atom stereocenters. The number of thiophene rings is 1. The lowest BCUT2D eigenvalue weighted by Gasteiger charge is -2.42. The van der Waals surface area contributed by atoms with E-state index in [1.165, 1.54) is 0 Å². The third kappa shape index (κ3) is 2.60. The average molecular weight is 331 g/mol. The number of amides is 1. The zero-order valence-corrected chi connectivity index (χ0v) is 13.8. The Kier molecular flexibility index (Phi) is 3.73. The van der Waals surface area contributed by atoms with Crippen molar-refractivity contribution in [2.45, 2.75) is 38.2 Å². The molecule has 4 rings (SSSR count). The number of hydrogen-bond donors (Lipinski definition) is 2. The number of aromatic nitrogens is 2. The molecule has 1 saturated carbocycles. The predicted molar refractivity (Wildman–Crippen MR) is 89.3 cm³/mol. The summed E-state index contributed by atoms with van der Waals surface area (Å²) in [6, 6.07) is 3.83. The van der Waals surface area contributed by atoms with Crippen LogP contribution in [-0.4, -0.2) is 45.3 Å². The number of H-pyrrole nitrogens is 1. The highest BCUT2D eigenvalue weighted by atomic mass is 32.1. The lowest BCUT2D eigenvalue weighted by atomic mass is 9.76. The van der Waals surface area contributed by atoms with Crippen LogP contribution in [-0.2, 0) is 0 Å². The summed E-state index contributed by atoms with van der Waals surface area (Å²) in [5, 5.41) is 21.5. The van der Waals surface area contributed by atoms with Gasteiger partial charge in [0.15, 0.2) is 0 Å². The fraction of sp³-hybridized carbons (Fsp3) is 0.529. The molecule has 2 aromatic rings. The number of carbonyl (C=O) groups is 1. The quantitative estimate of drug-likeness (QED) is 0.889. The number of carbonyl (C=O) groups excluding carboxylic acids is 1. The van der Waals surface area contributed by atoms with E-state index in [-0.39, 0.29) is 17.4 Å². The van der Waals surface area contributed by atoms with Crippen LogP contribution >= 0.6 is 11.3 Å². The highest BCUT2D eigenvalue weighted by Gasteiger charge is 2.45. The highest BCUT2D eigenvalue weighted by Crippen LogP contribution is 2.45. The van der Waals surface area contributed by atoms with Crippen LogP contribution in [0.2, 0.25) is 0 Å². The van der Waals surface area contributed by atoms with E-state index in [9.17, 15) is 9.90 Å². The van der Waals surface area contributed by atoms with Crippen LogP contribution in [0, 0.1) is 5.41 Å². The number of nitrogens with one attached hydrogen (secondary N) is 1. The first kappa shape index (κ1) is 14.9. The Morgan fingerprint density at radius 3 is 3.04 bits per heavy atom. The average Bonchev–Trinajstić information content (AvgIpc) is 3.29. The lowest BCUT2D eigenvalue weighted by Crippen LogP contribution is -2.49. The zero-order chi connectivity index (χ0) is 15.9. The fourth-order valence-corrected chi connectivity index (χ4v) is 4.74.